The maximum Gasteiger partial charge on any atom is 0.497 e. The predicted octanol–water partition coefficient (Wildman–Crippen LogP) is 0.345. The highest BCUT2D eigenvalue weighted by molar-refractivity contribution is 6.62. The number of hydrogen-bond donors (Lipinski definition) is 3. The van der Waals surface area contributed by atoms with Crippen LogP contribution in [0.25, 0.3) is 0 Å². The van der Waals surface area contributed by atoms with Crippen LogP contribution >= 0.6 is 0 Å². The van der Waals surface area contributed by atoms with Crippen LogP contribution < -0.4 is 22.7 Å². The lowest BCUT2D eigenvalue weighted by Crippen LogP contribution is -2.41. The van der Waals surface area contributed by atoms with Gasteiger partial charge in [-0.1, -0.05) is 0 Å². The van der Waals surface area contributed by atoms with Crippen LogP contribution in [0.15, 0.2) is 28.2 Å². The Morgan fingerprint density at radius 3 is 2.17 bits per heavy atom. The van der Waals surface area contributed by atoms with E-state index in [4.69, 9.17) is 26.5 Å². The second-order valence-corrected chi connectivity index (χ2v) is 6.30. The second-order valence-electron chi connectivity index (χ2n) is 6.30. The van der Waals surface area contributed by atoms with Gasteiger partial charge in [0.1, 0.15) is 5.82 Å². The van der Waals surface area contributed by atoms with E-state index in [1.54, 1.807) is 0 Å². The van der Waals surface area contributed by atoms with Crippen LogP contribution in [0.1, 0.15) is 27.7 Å². The van der Waals surface area contributed by atoms with Crippen molar-refractivity contribution in [2.75, 3.05) is 0 Å². The predicted molar refractivity (Wildman–Crippen MR) is 89.2 cm³/mol. The molecule has 2 rings (SSSR count). The Hall–Kier alpha value is -2.13. The normalized spacial score (nSPS) is 19.7. The van der Waals surface area contributed by atoms with Gasteiger partial charge in [-0.25, -0.2) is 9.38 Å². The van der Waals surface area contributed by atoms with Crippen molar-refractivity contribution in [1.29, 1.82) is 0 Å². The number of nitrogens with two attached hydrogens (primary N) is 3. The maximum atomic E-state index is 14.2. The Labute approximate surface area is 134 Å². The van der Waals surface area contributed by atoms with Crippen LogP contribution in [0.4, 0.5) is 10.1 Å². The summed E-state index contributed by atoms with van der Waals surface area (Å²) in [4.78, 5) is 7.63. The van der Waals surface area contributed by atoms with Crippen molar-refractivity contribution in [3.63, 3.8) is 0 Å². The molecule has 1 saturated heterocycles. The molecule has 0 amide bonds. The molecule has 0 aliphatic carbocycles. The first kappa shape index (κ1) is 17.2. The third kappa shape index (κ3) is 3.62. The molecule has 0 aromatic heterocycles. The minimum absolute atomic E-state index is 0.128. The highest BCUT2D eigenvalue weighted by Gasteiger charge is 2.52. The number of guanidine groups is 2. The monoisotopic (exact) mass is 321 g/mol. The molecule has 6 N–H and O–H groups in total. The van der Waals surface area contributed by atoms with Gasteiger partial charge >= 0.3 is 7.12 Å². The lowest BCUT2D eigenvalue weighted by molar-refractivity contribution is 0.00578. The van der Waals surface area contributed by atoms with Crippen molar-refractivity contribution in [2.45, 2.75) is 38.9 Å². The van der Waals surface area contributed by atoms with Crippen LogP contribution in [0.2, 0.25) is 0 Å². The van der Waals surface area contributed by atoms with E-state index in [-0.39, 0.29) is 17.4 Å². The van der Waals surface area contributed by atoms with Crippen molar-refractivity contribution in [1.82, 2.24) is 0 Å². The number of rotatable bonds is 2. The van der Waals surface area contributed by atoms with Gasteiger partial charge in [0.25, 0.3) is 0 Å². The molecular formula is C14H21BFN5O2. The number of halogens is 1. The highest BCUT2D eigenvalue weighted by atomic mass is 19.1. The Morgan fingerprint density at radius 1 is 1.09 bits per heavy atom. The minimum Gasteiger partial charge on any atom is -0.399 e. The zero-order valence-electron chi connectivity index (χ0n) is 13.6. The molecule has 7 nitrogen and oxygen atoms in total. The summed E-state index contributed by atoms with van der Waals surface area (Å²) in [5, 5.41) is 0. The summed E-state index contributed by atoms with van der Waals surface area (Å²) in [5.74, 6) is -0.793. The van der Waals surface area contributed by atoms with Gasteiger partial charge in [-0.2, -0.15) is 4.99 Å². The van der Waals surface area contributed by atoms with Crippen molar-refractivity contribution in [2.24, 2.45) is 27.2 Å². The topological polar surface area (TPSA) is 121 Å². The first-order valence-corrected chi connectivity index (χ1v) is 7.11. The standard InChI is InChI=1S/C14H21BFN5O2/c1-13(2)14(3,4)23-15(22-13)9-7-8(5-6-10(9)16)20-12(19)21-11(17)18/h5-7H,1-4H3,(H6,17,18,19,20,21). The van der Waals surface area contributed by atoms with E-state index in [0.717, 1.165) is 0 Å². The average molecular weight is 321 g/mol. The maximum absolute atomic E-state index is 14.2. The van der Waals surface area contributed by atoms with Gasteiger partial charge in [-0.3, -0.25) is 0 Å². The van der Waals surface area contributed by atoms with E-state index < -0.39 is 24.1 Å². The molecule has 0 unspecified atom stereocenters. The fourth-order valence-corrected chi connectivity index (χ4v) is 2.04. The number of nitrogens with zero attached hydrogens (tertiary/aromatic N) is 2. The fraction of sp³-hybridized carbons (Fsp3) is 0.429. The van der Waals surface area contributed by atoms with Gasteiger partial charge in [0.15, 0.2) is 5.96 Å². The van der Waals surface area contributed by atoms with E-state index in [9.17, 15) is 4.39 Å². The summed E-state index contributed by atoms with van der Waals surface area (Å²) in [6.07, 6.45) is 0. The van der Waals surface area contributed by atoms with Crippen molar-refractivity contribution >= 4 is 30.2 Å². The number of hydrogen-bond acceptors (Lipinski definition) is 3. The molecular weight excluding hydrogens is 300 g/mol. The molecule has 0 saturated carbocycles. The Bertz CT molecular complexity index is 655. The third-order valence-electron chi connectivity index (χ3n) is 3.97. The number of benzene rings is 1. The first-order valence-electron chi connectivity index (χ1n) is 7.11. The second kappa shape index (κ2) is 5.82. The van der Waals surface area contributed by atoms with Gasteiger partial charge in [-0.15, -0.1) is 0 Å². The molecule has 1 fully saturated rings. The average Bonchev–Trinajstić information content (AvgIpc) is 2.59. The summed E-state index contributed by atoms with van der Waals surface area (Å²) in [6.45, 7) is 7.57. The molecule has 124 valence electrons. The van der Waals surface area contributed by atoms with Gasteiger partial charge in [-0.05, 0) is 45.9 Å². The molecule has 23 heavy (non-hydrogen) atoms. The van der Waals surface area contributed by atoms with Gasteiger partial charge in [0.05, 0.1) is 16.9 Å². The molecule has 0 spiro atoms. The van der Waals surface area contributed by atoms with Crippen LogP contribution in [-0.4, -0.2) is 30.2 Å². The third-order valence-corrected chi connectivity index (χ3v) is 3.97. The summed E-state index contributed by atoms with van der Waals surface area (Å²) < 4.78 is 25.9. The van der Waals surface area contributed by atoms with Crippen molar-refractivity contribution in [3.8, 4) is 0 Å². The Morgan fingerprint density at radius 2 is 1.65 bits per heavy atom. The first-order chi connectivity index (χ1) is 10.5. The van der Waals surface area contributed by atoms with Crippen LogP contribution in [0.3, 0.4) is 0 Å². The fourth-order valence-electron chi connectivity index (χ4n) is 2.04. The van der Waals surface area contributed by atoms with Gasteiger partial charge < -0.3 is 26.5 Å². The van der Waals surface area contributed by atoms with E-state index in [0.29, 0.717) is 5.69 Å². The Balaban J connectivity index is 2.35. The lowest BCUT2D eigenvalue weighted by Gasteiger charge is -2.32. The molecule has 9 heteroatoms. The van der Waals surface area contributed by atoms with E-state index in [1.807, 2.05) is 27.7 Å². The molecule has 0 bridgehead atoms. The summed E-state index contributed by atoms with van der Waals surface area (Å²) in [7, 11) is -0.834. The summed E-state index contributed by atoms with van der Waals surface area (Å²) in [6, 6.07) is 4.22. The van der Waals surface area contributed by atoms with E-state index >= 15 is 0 Å². The summed E-state index contributed by atoms with van der Waals surface area (Å²) >= 11 is 0. The zero-order chi connectivity index (χ0) is 17.4. The molecule has 1 aromatic carbocycles. The molecule has 0 radical (unpaired) electrons. The molecule has 1 aliphatic rings. The van der Waals surface area contributed by atoms with Crippen LogP contribution in [0.5, 0.6) is 0 Å². The number of aliphatic imine (C=N–C) groups is 2. The molecule has 1 heterocycles. The molecule has 0 atom stereocenters. The highest BCUT2D eigenvalue weighted by Crippen LogP contribution is 2.36. The smallest absolute Gasteiger partial charge is 0.399 e. The van der Waals surface area contributed by atoms with Gasteiger partial charge in [0.2, 0.25) is 5.96 Å². The van der Waals surface area contributed by atoms with Crippen molar-refractivity contribution in [3.05, 3.63) is 24.0 Å². The Kier molecular flexibility index (Phi) is 4.36. The van der Waals surface area contributed by atoms with Crippen molar-refractivity contribution < 1.29 is 13.7 Å². The van der Waals surface area contributed by atoms with E-state index in [2.05, 4.69) is 9.98 Å². The zero-order valence-corrected chi connectivity index (χ0v) is 13.6. The van der Waals surface area contributed by atoms with E-state index in [1.165, 1.54) is 18.2 Å². The SMILES string of the molecule is CC1(C)OB(c2cc(N=C(N)N=C(N)N)ccc2F)OC1(C)C. The molecule has 1 aromatic rings. The minimum atomic E-state index is -0.834. The quantitative estimate of drug-likeness (QED) is 0.412. The largest absolute Gasteiger partial charge is 0.497 e. The van der Waals surface area contributed by atoms with Gasteiger partial charge in [0, 0.05) is 5.46 Å². The van der Waals surface area contributed by atoms with Crippen LogP contribution in [-0.2, 0) is 9.31 Å². The molecule has 1 aliphatic heterocycles. The van der Waals surface area contributed by atoms with Crippen LogP contribution in [0, 0.1) is 5.82 Å². The summed E-state index contributed by atoms with van der Waals surface area (Å²) in [5.41, 5.74) is 15.5. The lowest BCUT2D eigenvalue weighted by atomic mass is 9.78.